The molecule has 2 aromatic rings. The lowest BCUT2D eigenvalue weighted by atomic mass is 10.2. The Balaban J connectivity index is 2.27. The van der Waals surface area contributed by atoms with Crippen LogP contribution in [0.5, 0.6) is 5.75 Å². The highest BCUT2D eigenvalue weighted by Gasteiger charge is 2.06. The Morgan fingerprint density at radius 3 is 2.57 bits per heavy atom. The van der Waals surface area contributed by atoms with Crippen LogP contribution in [0.2, 0.25) is 0 Å². The van der Waals surface area contributed by atoms with Crippen molar-refractivity contribution in [1.29, 1.82) is 0 Å². The average molecular weight is 328 g/mol. The third kappa shape index (κ3) is 5.18. The molecule has 2 rings (SSSR count). The van der Waals surface area contributed by atoms with Gasteiger partial charge in [-0.1, -0.05) is 29.5 Å². The van der Waals surface area contributed by atoms with Crippen molar-refractivity contribution in [3.63, 3.8) is 0 Å². The molecule has 0 unspecified atom stereocenters. The fourth-order valence-corrected chi connectivity index (χ4v) is 2.87. The van der Waals surface area contributed by atoms with Crippen LogP contribution >= 0.6 is 11.8 Å². The summed E-state index contributed by atoms with van der Waals surface area (Å²) >= 11 is 1.65. The zero-order valence-corrected chi connectivity index (χ0v) is 14.4. The molecule has 0 aliphatic heterocycles. The summed E-state index contributed by atoms with van der Waals surface area (Å²) in [6.07, 6.45) is 3.20. The lowest BCUT2D eigenvalue weighted by molar-refractivity contribution is -0.137. The maximum atomic E-state index is 11.5. The van der Waals surface area contributed by atoms with E-state index in [1.54, 1.807) is 31.9 Å². The van der Waals surface area contributed by atoms with Crippen LogP contribution in [0.15, 0.2) is 58.3 Å². The second kappa shape index (κ2) is 8.44. The minimum Gasteiger partial charge on any atom is -0.497 e. The molecule has 0 N–H and O–H groups in total. The van der Waals surface area contributed by atoms with Gasteiger partial charge in [-0.05, 0) is 55.8 Å². The van der Waals surface area contributed by atoms with Gasteiger partial charge in [0.05, 0.1) is 13.7 Å². The first kappa shape index (κ1) is 17.2. The van der Waals surface area contributed by atoms with Gasteiger partial charge in [0.15, 0.2) is 0 Å². The van der Waals surface area contributed by atoms with Gasteiger partial charge >= 0.3 is 5.97 Å². The molecule has 4 heteroatoms. The number of carbonyl (C=O) groups is 1. The zero-order chi connectivity index (χ0) is 16.7. The van der Waals surface area contributed by atoms with Crippen molar-refractivity contribution in [1.82, 2.24) is 0 Å². The first-order valence-corrected chi connectivity index (χ1v) is 8.21. The summed E-state index contributed by atoms with van der Waals surface area (Å²) in [5.41, 5.74) is 2.15. The topological polar surface area (TPSA) is 35.5 Å². The lowest BCUT2D eigenvalue weighted by Gasteiger charge is -2.09. The summed E-state index contributed by atoms with van der Waals surface area (Å²) in [5.74, 6) is 0.406. The van der Waals surface area contributed by atoms with Crippen LogP contribution in [0.4, 0.5) is 0 Å². The number of methoxy groups -OCH3 is 1. The van der Waals surface area contributed by atoms with Crippen LogP contribution in [0.3, 0.4) is 0 Å². The van der Waals surface area contributed by atoms with Crippen LogP contribution in [-0.4, -0.2) is 19.7 Å². The molecule has 0 spiro atoms. The summed E-state index contributed by atoms with van der Waals surface area (Å²) in [4.78, 5) is 13.7. The fourth-order valence-electron chi connectivity index (χ4n) is 1.96. The van der Waals surface area contributed by atoms with Crippen molar-refractivity contribution < 1.29 is 14.3 Å². The predicted molar refractivity (Wildman–Crippen MR) is 94.0 cm³/mol. The van der Waals surface area contributed by atoms with Gasteiger partial charge < -0.3 is 9.47 Å². The largest absolute Gasteiger partial charge is 0.497 e. The second-order valence-electron chi connectivity index (χ2n) is 4.90. The van der Waals surface area contributed by atoms with Gasteiger partial charge in [-0.3, -0.25) is 0 Å². The minimum atomic E-state index is -0.346. The molecule has 0 aliphatic carbocycles. The Kier molecular flexibility index (Phi) is 6.29. The van der Waals surface area contributed by atoms with E-state index in [-0.39, 0.29) is 5.97 Å². The van der Waals surface area contributed by atoms with E-state index in [0.717, 1.165) is 21.1 Å². The highest BCUT2D eigenvalue weighted by Crippen LogP contribution is 2.33. The second-order valence-corrected chi connectivity index (χ2v) is 6.02. The Morgan fingerprint density at radius 1 is 1.17 bits per heavy atom. The summed E-state index contributed by atoms with van der Waals surface area (Å²) in [6.45, 7) is 4.22. The van der Waals surface area contributed by atoms with Gasteiger partial charge in [0.25, 0.3) is 0 Å². The van der Waals surface area contributed by atoms with Crippen molar-refractivity contribution in [2.45, 2.75) is 23.6 Å². The van der Waals surface area contributed by atoms with Gasteiger partial charge in [0.2, 0.25) is 0 Å². The predicted octanol–water partition coefficient (Wildman–Crippen LogP) is 4.73. The summed E-state index contributed by atoms with van der Waals surface area (Å²) in [5, 5.41) is 0. The van der Waals surface area contributed by atoms with Crippen molar-refractivity contribution >= 4 is 23.8 Å². The van der Waals surface area contributed by atoms with E-state index in [4.69, 9.17) is 9.47 Å². The molecule has 3 nitrogen and oxygen atoms in total. The summed E-state index contributed by atoms with van der Waals surface area (Å²) in [7, 11) is 1.63. The van der Waals surface area contributed by atoms with Crippen LogP contribution < -0.4 is 4.74 Å². The highest BCUT2D eigenvalue weighted by molar-refractivity contribution is 7.99. The molecule has 0 radical (unpaired) electrons. The molecule has 0 amide bonds. The van der Waals surface area contributed by atoms with E-state index >= 15 is 0 Å². The van der Waals surface area contributed by atoms with Crippen molar-refractivity contribution in [2.75, 3.05) is 13.7 Å². The van der Waals surface area contributed by atoms with Gasteiger partial charge in [0.1, 0.15) is 5.75 Å². The quantitative estimate of drug-likeness (QED) is 0.567. The molecular formula is C19H20O3S. The van der Waals surface area contributed by atoms with E-state index in [1.165, 1.54) is 11.6 Å². The molecule has 0 aromatic heterocycles. The first-order valence-electron chi connectivity index (χ1n) is 7.39. The molecule has 23 heavy (non-hydrogen) atoms. The SMILES string of the molecule is CCOC(=O)/C=C/c1cc(OC)ccc1Sc1ccc(C)cc1. The molecule has 0 saturated heterocycles. The normalized spacial score (nSPS) is 10.7. The third-order valence-electron chi connectivity index (χ3n) is 3.15. The Labute approximate surface area is 141 Å². The number of aryl methyl sites for hydroxylation is 1. The zero-order valence-electron chi connectivity index (χ0n) is 13.5. The average Bonchev–Trinajstić information content (AvgIpc) is 2.56. The standard InChI is InChI=1S/C19H20O3S/c1-4-22-19(20)12-7-15-13-16(21-3)8-11-18(15)23-17-9-5-14(2)6-10-17/h5-13H,4H2,1-3H3/b12-7+. The van der Waals surface area contributed by atoms with E-state index in [9.17, 15) is 4.79 Å². The van der Waals surface area contributed by atoms with Crippen molar-refractivity contribution in [3.05, 3.63) is 59.7 Å². The fraction of sp³-hybridized carbons (Fsp3) is 0.211. The molecule has 0 bridgehead atoms. The maximum Gasteiger partial charge on any atom is 0.330 e. The highest BCUT2D eigenvalue weighted by atomic mass is 32.2. The third-order valence-corrected chi connectivity index (χ3v) is 4.25. The molecule has 0 heterocycles. The minimum absolute atomic E-state index is 0.346. The molecule has 0 saturated carbocycles. The van der Waals surface area contributed by atoms with Gasteiger partial charge in [-0.15, -0.1) is 0 Å². The number of esters is 1. The molecule has 120 valence electrons. The monoisotopic (exact) mass is 328 g/mol. The van der Waals surface area contributed by atoms with Crippen LogP contribution in [0.25, 0.3) is 6.08 Å². The van der Waals surface area contributed by atoms with Crippen molar-refractivity contribution in [3.8, 4) is 5.75 Å². The number of rotatable bonds is 6. The number of hydrogen-bond donors (Lipinski definition) is 0. The molecule has 2 aromatic carbocycles. The number of benzene rings is 2. The Bertz CT molecular complexity index is 690. The van der Waals surface area contributed by atoms with E-state index < -0.39 is 0 Å². The van der Waals surface area contributed by atoms with Gasteiger partial charge in [0, 0.05) is 15.9 Å². The first-order chi connectivity index (χ1) is 11.1. The number of hydrogen-bond acceptors (Lipinski definition) is 4. The van der Waals surface area contributed by atoms with E-state index in [0.29, 0.717) is 6.61 Å². The molecule has 0 aliphatic rings. The summed E-state index contributed by atoms with van der Waals surface area (Å²) in [6, 6.07) is 14.2. The van der Waals surface area contributed by atoms with E-state index in [1.807, 2.05) is 18.2 Å². The summed E-state index contributed by atoms with van der Waals surface area (Å²) < 4.78 is 10.2. The molecular weight excluding hydrogens is 308 g/mol. The van der Waals surface area contributed by atoms with Crippen LogP contribution in [0.1, 0.15) is 18.1 Å². The number of carbonyl (C=O) groups excluding carboxylic acids is 1. The van der Waals surface area contributed by atoms with E-state index in [2.05, 4.69) is 31.2 Å². The lowest BCUT2D eigenvalue weighted by Crippen LogP contribution is -1.98. The van der Waals surface area contributed by atoms with Crippen LogP contribution in [-0.2, 0) is 9.53 Å². The Morgan fingerprint density at radius 2 is 1.91 bits per heavy atom. The van der Waals surface area contributed by atoms with Crippen molar-refractivity contribution in [2.24, 2.45) is 0 Å². The smallest absolute Gasteiger partial charge is 0.330 e. The van der Waals surface area contributed by atoms with Gasteiger partial charge in [-0.25, -0.2) is 4.79 Å². The maximum absolute atomic E-state index is 11.5. The Hall–Kier alpha value is -2.20. The molecule has 0 fully saturated rings. The molecule has 0 atom stereocenters. The number of ether oxygens (including phenoxy) is 2. The van der Waals surface area contributed by atoms with Crippen LogP contribution in [0, 0.1) is 6.92 Å². The van der Waals surface area contributed by atoms with Gasteiger partial charge in [-0.2, -0.15) is 0 Å².